The number of thioether (sulfide) groups is 1. The van der Waals surface area contributed by atoms with Gasteiger partial charge in [0.1, 0.15) is 11.4 Å². The van der Waals surface area contributed by atoms with Crippen molar-refractivity contribution in [1.82, 2.24) is 9.97 Å². The third-order valence-corrected chi connectivity index (χ3v) is 5.58. The maximum atomic E-state index is 12.3. The predicted octanol–water partition coefficient (Wildman–Crippen LogP) is 4.29. The summed E-state index contributed by atoms with van der Waals surface area (Å²) < 4.78 is 1.04. The number of thiophene rings is 1. The molecule has 0 saturated heterocycles. The third kappa shape index (κ3) is 3.54. The van der Waals surface area contributed by atoms with Gasteiger partial charge in [-0.3, -0.25) is 4.79 Å². The Morgan fingerprint density at radius 2 is 2.17 bits per heavy atom. The van der Waals surface area contributed by atoms with E-state index in [9.17, 15) is 4.79 Å². The van der Waals surface area contributed by atoms with Gasteiger partial charge in [-0.15, -0.1) is 11.3 Å². The molecule has 3 rings (SSSR count). The predicted molar refractivity (Wildman–Crippen MR) is 97.3 cm³/mol. The van der Waals surface area contributed by atoms with Crippen molar-refractivity contribution in [3.05, 3.63) is 47.1 Å². The van der Waals surface area contributed by atoms with Gasteiger partial charge in [-0.25, -0.2) is 9.97 Å². The molecule has 4 nitrogen and oxygen atoms in total. The van der Waals surface area contributed by atoms with E-state index in [1.165, 1.54) is 11.8 Å². The van der Waals surface area contributed by atoms with Crippen molar-refractivity contribution in [3.63, 3.8) is 0 Å². The van der Waals surface area contributed by atoms with Crippen molar-refractivity contribution in [3.8, 4) is 0 Å². The minimum absolute atomic E-state index is 0.0117. The van der Waals surface area contributed by atoms with Gasteiger partial charge < -0.3 is 5.32 Å². The fourth-order valence-corrected chi connectivity index (χ4v) is 4.13. The van der Waals surface area contributed by atoms with Gasteiger partial charge in [0.25, 0.3) is 0 Å². The molecule has 0 saturated carbocycles. The molecule has 1 N–H and O–H groups in total. The van der Waals surface area contributed by atoms with Crippen LogP contribution in [0.2, 0.25) is 0 Å². The van der Waals surface area contributed by atoms with Crippen LogP contribution in [0, 0.1) is 6.92 Å². The number of amides is 1. The number of benzene rings is 1. The van der Waals surface area contributed by atoms with Crippen LogP contribution in [0.3, 0.4) is 0 Å². The van der Waals surface area contributed by atoms with Gasteiger partial charge in [0, 0.05) is 5.69 Å². The smallest absolute Gasteiger partial charge is 0.234 e. The fourth-order valence-electron chi connectivity index (χ4n) is 2.38. The Bertz CT molecular complexity index is 845. The van der Waals surface area contributed by atoms with E-state index in [4.69, 9.17) is 0 Å². The first-order valence-corrected chi connectivity index (χ1v) is 9.25. The zero-order valence-electron chi connectivity index (χ0n) is 13.0. The first kappa shape index (κ1) is 16.0. The lowest BCUT2D eigenvalue weighted by atomic mass is 10.1. The van der Waals surface area contributed by atoms with E-state index in [0.717, 1.165) is 38.5 Å². The Balaban J connectivity index is 1.70. The van der Waals surface area contributed by atoms with Gasteiger partial charge in [0.2, 0.25) is 5.91 Å². The second-order valence-electron chi connectivity index (χ2n) is 5.11. The topological polar surface area (TPSA) is 54.9 Å². The minimum Gasteiger partial charge on any atom is -0.325 e. The molecule has 1 aromatic carbocycles. The van der Waals surface area contributed by atoms with Gasteiger partial charge in [-0.05, 0) is 35.9 Å². The summed E-state index contributed by atoms with van der Waals surface area (Å²) in [4.78, 5) is 20.8. The minimum atomic E-state index is -0.0117. The molecule has 2 aromatic heterocycles. The molecule has 0 unspecified atom stereocenters. The number of hydrogen-bond acceptors (Lipinski definition) is 5. The van der Waals surface area contributed by atoms with Gasteiger partial charge in [0.15, 0.2) is 0 Å². The zero-order chi connectivity index (χ0) is 16.2. The van der Waals surface area contributed by atoms with Crippen molar-refractivity contribution in [2.24, 2.45) is 0 Å². The van der Waals surface area contributed by atoms with E-state index >= 15 is 0 Å². The van der Waals surface area contributed by atoms with Crippen molar-refractivity contribution in [2.45, 2.75) is 25.3 Å². The number of anilines is 1. The molecule has 1 amide bonds. The van der Waals surface area contributed by atoms with Crippen molar-refractivity contribution < 1.29 is 4.79 Å². The molecule has 23 heavy (non-hydrogen) atoms. The lowest BCUT2D eigenvalue weighted by molar-refractivity contribution is -0.113. The maximum absolute atomic E-state index is 12.3. The number of aromatic nitrogens is 2. The van der Waals surface area contributed by atoms with Crippen LogP contribution in [0.5, 0.6) is 0 Å². The number of nitrogens with zero attached hydrogens (tertiary/aromatic N) is 2. The summed E-state index contributed by atoms with van der Waals surface area (Å²) in [6.07, 6.45) is 2.44. The molecular formula is C17H17N3OS2. The van der Waals surface area contributed by atoms with Crippen molar-refractivity contribution >= 4 is 44.9 Å². The molecule has 0 atom stereocenters. The quantitative estimate of drug-likeness (QED) is 0.554. The van der Waals surface area contributed by atoms with Crippen molar-refractivity contribution in [1.29, 1.82) is 0 Å². The number of nitrogens with one attached hydrogen (secondary N) is 1. The lowest BCUT2D eigenvalue weighted by Gasteiger charge is -2.12. The molecule has 0 bridgehead atoms. The number of para-hydroxylation sites is 1. The Kier molecular flexibility index (Phi) is 4.93. The average molecular weight is 343 g/mol. The van der Waals surface area contributed by atoms with Crippen LogP contribution >= 0.6 is 23.1 Å². The highest BCUT2D eigenvalue weighted by Gasteiger charge is 2.11. The number of carbonyl (C=O) groups excluding carboxylic acids is 1. The summed E-state index contributed by atoms with van der Waals surface area (Å²) in [6, 6.07) is 8.05. The molecule has 0 aliphatic carbocycles. The van der Waals surface area contributed by atoms with E-state index in [2.05, 4.69) is 28.3 Å². The van der Waals surface area contributed by atoms with Crippen LogP contribution in [0.1, 0.15) is 18.1 Å². The molecule has 0 fully saturated rings. The molecular weight excluding hydrogens is 326 g/mol. The molecule has 0 aliphatic heterocycles. The molecule has 3 aromatic rings. The summed E-state index contributed by atoms with van der Waals surface area (Å²) in [5.74, 6) is 0.323. The Morgan fingerprint density at radius 1 is 1.30 bits per heavy atom. The molecule has 2 heterocycles. The summed E-state index contributed by atoms with van der Waals surface area (Å²) in [5, 5.41) is 5.89. The van der Waals surface area contributed by atoms with Crippen LogP contribution in [0.4, 0.5) is 5.69 Å². The lowest BCUT2D eigenvalue weighted by Crippen LogP contribution is -2.16. The highest BCUT2D eigenvalue weighted by Crippen LogP contribution is 2.29. The van der Waals surface area contributed by atoms with Gasteiger partial charge in [-0.1, -0.05) is 36.9 Å². The molecule has 118 valence electrons. The SMILES string of the molecule is CCc1cccc(C)c1NC(=O)CSc1ncnc2ccsc12. The Morgan fingerprint density at radius 3 is 3.00 bits per heavy atom. The van der Waals surface area contributed by atoms with Crippen LogP contribution in [0.15, 0.2) is 41.0 Å². The van der Waals surface area contributed by atoms with E-state index in [1.807, 2.05) is 30.5 Å². The molecule has 0 spiro atoms. The first-order chi connectivity index (χ1) is 11.2. The Hall–Kier alpha value is -1.92. The zero-order valence-corrected chi connectivity index (χ0v) is 14.6. The summed E-state index contributed by atoms with van der Waals surface area (Å²) >= 11 is 3.05. The molecule has 0 radical (unpaired) electrons. The largest absolute Gasteiger partial charge is 0.325 e. The normalized spacial score (nSPS) is 10.9. The van der Waals surface area contributed by atoms with Gasteiger partial charge >= 0.3 is 0 Å². The van der Waals surface area contributed by atoms with Crippen LogP contribution in [0.25, 0.3) is 10.2 Å². The van der Waals surface area contributed by atoms with Crippen LogP contribution in [-0.2, 0) is 11.2 Å². The number of fused-ring (bicyclic) bond motifs is 1. The monoisotopic (exact) mass is 343 g/mol. The Labute approximate surface area is 143 Å². The number of carbonyl (C=O) groups is 1. The van der Waals surface area contributed by atoms with E-state index in [1.54, 1.807) is 17.7 Å². The molecule has 0 aliphatic rings. The highest BCUT2D eigenvalue weighted by atomic mass is 32.2. The van der Waals surface area contributed by atoms with E-state index in [-0.39, 0.29) is 5.91 Å². The van der Waals surface area contributed by atoms with Crippen LogP contribution in [-0.4, -0.2) is 21.6 Å². The summed E-state index contributed by atoms with van der Waals surface area (Å²) in [6.45, 7) is 4.11. The molecule has 6 heteroatoms. The van der Waals surface area contributed by atoms with Crippen molar-refractivity contribution in [2.75, 3.05) is 11.1 Å². The fraction of sp³-hybridized carbons (Fsp3) is 0.235. The highest BCUT2D eigenvalue weighted by molar-refractivity contribution is 8.00. The van der Waals surface area contributed by atoms with E-state index in [0.29, 0.717) is 5.75 Å². The summed E-state index contributed by atoms with van der Waals surface area (Å²) in [5.41, 5.74) is 4.11. The first-order valence-electron chi connectivity index (χ1n) is 7.38. The van der Waals surface area contributed by atoms with E-state index < -0.39 is 0 Å². The second-order valence-corrected chi connectivity index (χ2v) is 6.99. The number of aryl methyl sites for hydroxylation is 2. The number of hydrogen-bond donors (Lipinski definition) is 1. The standard InChI is InChI=1S/C17H17N3OS2/c1-3-12-6-4-5-11(2)15(12)20-14(21)9-23-17-16-13(7-8-22-16)18-10-19-17/h4-8,10H,3,9H2,1-2H3,(H,20,21). The second kappa shape index (κ2) is 7.10. The van der Waals surface area contributed by atoms with Crippen LogP contribution < -0.4 is 5.32 Å². The summed E-state index contributed by atoms with van der Waals surface area (Å²) in [7, 11) is 0. The van der Waals surface area contributed by atoms with Gasteiger partial charge in [0.05, 0.1) is 16.0 Å². The maximum Gasteiger partial charge on any atom is 0.234 e. The third-order valence-electron chi connectivity index (χ3n) is 3.55. The van der Waals surface area contributed by atoms with Gasteiger partial charge in [-0.2, -0.15) is 0 Å². The average Bonchev–Trinajstić information content (AvgIpc) is 3.04. The number of rotatable bonds is 5.